The zero-order valence-electron chi connectivity index (χ0n) is 20.7. The summed E-state index contributed by atoms with van der Waals surface area (Å²) in [6, 6.07) is 2.03. The van der Waals surface area contributed by atoms with Gasteiger partial charge in [0.25, 0.3) is 0 Å². The van der Waals surface area contributed by atoms with Gasteiger partial charge < -0.3 is 17.7 Å². The fourth-order valence-electron chi connectivity index (χ4n) is 3.44. The summed E-state index contributed by atoms with van der Waals surface area (Å²) in [5, 5.41) is 0. The highest BCUT2D eigenvalue weighted by molar-refractivity contribution is 6.78. The summed E-state index contributed by atoms with van der Waals surface area (Å²) in [6.45, 7) is 18.6. The highest BCUT2D eigenvalue weighted by Crippen LogP contribution is 2.16. The van der Waals surface area contributed by atoms with Crippen molar-refractivity contribution in [2.45, 2.75) is 103 Å². The normalized spacial score (nSPS) is 12.5. The van der Waals surface area contributed by atoms with E-state index in [0.717, 1.165) is 24.9 Å². The Labute approximate surface area is 190 Å². The van der Waals surface area contributed by atoms with Gasteiger partial charge in [0.2, 0.25) is 0 Å². The lowest BCUT2D eigenvalue weighted by Gasteiger charge is -2.25. The lowest BCUT2D eigenvalue weighted by atomic mass is 10.2. The molecule has 0 unspecified atom stereocenters. The van der Waals surface area contributed by atoms with E-state index in [9.17, 15) is 9.59 Å². The minimum Gasteiger partial charge on any atom is -0.466 e. The van der Waals surface area contributed by atoms with Crippen molar-refractivity contribution < 1.29 is 27.3 Å². The summed E-state index contributed by atoms with van der Waals surface area (Å²) in [6.07, 6.45) is 3.76. The maximum absolute atomic E-state index is 11.8. The van der Waals surface area contributed by atoms with Gasteiger partial charge in [0.05, 0.1) is 13.2 Å². The molecule has 0 saturated heterocycles. The molecule has 10 heteroatoms. The first-order valence-electron chi connectivity index (χ1n) is 11.5. The van der Waals surface area contributed by atoms with Crippen LogP contribution in [0.3, 0.4) is 0 Å². The average molecular weight is 495 g/mol. The standard InChI is InChI=1S/C20H46O6Si4/c1-27(2)25-29(5,6)17-11-15-23-19(21)13-9-10-14-20(22)24-16-12-18-30(7,8)26-28(3)4/h27-28H,9-18H2,1-8H3. The van der Waals surface area contributed by atoms with Crippen LogP contribution >= 0.6 is 0 Å². The monoisotopic (exact) mass is 494 g/mol. The molecule has 0 amide bonds. The van der Waals surface area contributed by atoms with Gasteiger partial charge in [-0.2, -0.15) is 0 Å². The number of ether oxygens (including phenoxy) is 2. The zero-order valence-corrected chi connectivity index (χ0v) is 25.0. The number of rotatable bonds is 17. The predicted octanol–water partition coefficient (Wildman–Crippen LogP) is 4.82. The Hall–Kier alpha value is -0.272. The molecule has 0 heterocycles. The van der Waals surface area contributed by atoms with Crippen LogP contribution in [0.15, 0.2) is 0 Å². The Morgan fingerprint density at radius 1 is 0.633 bits per heavy atom. The highest BCUT2D eigenvalue weighted by Gasteiger charge is 2.24. The van der Waals surface area contributed by atoms with Crippen LogP contribution in [0, 0.1) is 0 Å². The van der Waals surface area contributed by atoms with Gasteiger partial charge >= 0.3 is 11.9 Å². The lowest BCUT2D eigenvalue weighted by molar-refractivity contribution is -0.145. The Morgan fingerprint density at radius 3 is 1.27 bits per heavy atom. The van der Waals surface area contributed by atoms with Crippen molar-refractivity contribution in [2.75, 3.05) is 13.2 Å². The van der Waals surface area contributed by atoms with Crippen LogP contribution in [-0.4, -0.2) is 59.9 Å². The van der Waals surface area contributed by atoms with E-state index in [2.05, 4.69) is 52.4 Å². The number of carbonyl (C=O) groups excluding carboxylic acids is 2. The van der Waals surface area contributed by atoms with E-state index >= 15 is 0 Å². The summed E-state index contributed by atoms with van der Waals surface area (Å²) in [4.78, 5) is 23.6. The van der Waals surface area contributed by atoms with Gasteiger partial charge in [-0.3, -0.25) is 9.59 Å². The van der Waals surface area contributed by atoms with E-state index in [1.807, 2.05) is 0 Å². The van der Waals surface area contributed by atoms with E-state index < -0.39 is 34.7 Å². The fourth-order valence-corrected chi connectivity index (χ4v) is 16.6. The van der Waals surface area contributed by atoms with Crippen molar-refractivity contribution in [2.24, 2.45) is 0 Å². The molecule has 0 aliphatic heterocycles. The molecule has 0 aliphatic carbocycles. The second kappa shape index (κ2) is 15.5. The van der Waals surface area contributed by atoms with Crippen molar-refractivity contribution in [3.63, 3.8) is 0 Å². The fraction of sp³-hybridized carbons (Fsp3) is 0.900. The van der Waals surface area contributed by atoms with Crippen LogP contribution in [-0.2, 0) is 27.3 Å². The third-order valence-electron chi connectivity index (χ3n) is 4.49. The van der Waals surface area contributed by atoms with Crippen LogP contribution in [0.25, 0.3) is 0 Å². The third kappa shape index (κ3) is 18.5. The largest absolute Gasteiger partial charge is 0.466 e. The SMILES string of the molecule is C[SiH](C)O[Si](C)(C)CCCOC(=O)CCCCC(=O)OCCC[Si](C)(C)O[SiH](C)C. The molecule has 0 radical (unpaired) electrons. The number of hydrogen-bond donors (Lipinski definition) is 0. The van der Waals surface area contributed by atoms with Gasteiger partial charge in [0.1, 0.15) is 0 Å². The van der Waals surface area contributed by atoms with E-state index in [4.69, 9.17) is 17.7 Å². The molecular formula is C20H46O6Si4. The second-order valence-corrected chi connectivity index (χ2v) is 23.8. The van der Waals surface area contributed by atoms with E-state index in [1.165, 1.54) is 0 Å². The van der Waals surface area contributed by atoms with Gasteiger partial charge in [0, 0.05) is 12.8 Å². The van der Waals surface area contributed by atoms with Crippen LogP contribution in [0.2, 0.25) is 64.5 Å². The predicted molar refractivity (Wildman–Crippen MR) is 134 cm³/mol. The Balaban J connectivity index is 3.70. The van der Waals surface area contributed by atoms with Gasteiger partial charge in [-0.25, -0.2) is 0 Å². The molecule has 0 aromatic rings. The van der Waals surface area contributed by atoms with Crippen LogP contribution < -0.4 is 0 Å². The molecule has 0 fully saturated rings. The Kier molecular flexibility index (Phi) is 15.4. The second-order valence-electron chi connectivity index (χ2n) is 9.71. The molecule has 0 aliphatic rings. The van der Waals surface area contributed by atoms with Crippen LogP contribution in [0.1, 0.15) is 38.5 Å². The van der Waals surface area contributed by atoms with Crippen molar-refractivity contribution in [3.8, 4) is 0 Å². The van der Waals surface area contributed by atoms with Crippen LogP contribution in [0.5, 0.6) is 0 Å². The molecule has 30 heavy (non-hydrogen) atoms. The molecule has 0 atom stereocenters. The van der Waals surface area contributed by atoms with E-state index in [1.54, 1.807) is 0 Å². The number of carbonyl (C=O) groups is 2. The molecule has 6 nitrogen and oxygen atoms in total. The van der Waals surface area contributed by atoms with Crippen molar-refractivity contribution in [3.05, 3.63) is 0 Å². The van der Waals surface area contributed by atoms with Gasteiger partial charge in [0.15, 0.2) is 34.7 Å². The Morgan fingerprint density at radius 2 is 0.967 bits per heavy atom. The topological polar surface area (TPSA) is 71.1 Å². The minimum absolute atomic E-state index is 0.178. The molecule has 178 valence electrons. The molecule has 0 aromatic carbocycles. The molecule has 0 N–H and O–H groups in total. The molecule has 0 saturated carbocycles. The number of esters is 2. The summed E-state index contributed by atoms with van der Waals surface area (Å²) in [5.74, 6) is -0.356. The molecule has 0 rings (SSSR count). The number of unbranched alkanes of at least 4 members (excludes halogenated alkanes) is 1. The summed E-state index contributed by atoms with van der Waals surface area (Å²) in [5.41, 5.74) is 0. The highest BCUT2D eigenvalue weighted by atomic mass is 28.4. The van der Waals surface area contributed by atoms with Crippen molar-refractivity contribution in [1.82, 2.24) is 0 Å². The quantitative estimate of drug-likeness (QED) is 0.164. The Bertz CT molecular complexity index is 454. The van der Waals surface area contributed by atoms with Gasteiger partial charge in [-0.15, -0.1) is 0 Å². The van der Waals surface area contributed by atoms with Crippen molar-refractivity contribution in [1.29, 1.82) is 0 Å². The summed E-state index contributed by atoms with van der Waals surface area (Å²) >= 11 is 0. The minimum atomic E-state index is -1.60. The molecule has 0 aromatic heterocycles. The summed E-state index contributed by atoms with van der Waals surface area (Å²) < 4.78 is 22.8. The van der Waals surface area contributed by atoms with Crippen molar-refractivity contribution >= 4 is 46.7 Å². The lowest BCUT2D eigenvalue weighted by Crippen LogP contribution is -2.35. The first-order chi connectivity index (χ1) is 13.8. The average Bonchev–Trinajstić information content (AvgIpc) is 2.57. The van der Waals surface area contributed by atoms with E-state index in [0.29, 0.717) is 38.9 Å². The molecular weight excluding hydrogens is 449 g/mol. The first kappa shape index (κ1) is 29.7. The summed E-state index contributed by atoms with van der Waals surface area (Å²) in [7, 11) is -5.20. The zero-order chi connectivity index (χ0) is 23.2. The van der Waals surface area contributed by atoms with E-state index in [-0.39, 0.29) is 11.9 Å². The maximum Gasteiger partial charge on any atom is 0.305 e. The number of hydrogen-bond acceptors (Lipinski definition) is 6. The molecule has 0 bridgehead atoms. The van der Waals surface area contributed by atoms with Crippen LogP contribution in [0.4, 0.5) is 0 Å². The smallest absolute Gasteiger partial charge is 0.305 e. The van der Waals surface area contributed by atoms with Gasteiger partial charge in [-0.1, -0.05) is 0 Å². The molecule has 0 spiro atoms. The maximum atomic E-state index is 11.8. The third-order valence-corrected chi connectivity index (χ3v) is 16.5. The van der Waals surface area contributed by atoms with Gasteiger partial charge in [-0.05, 0) is 90.1 Å². The first-order valence-corrected chi connectivity index (χ1v) is 23.3.